The lowest BCUT2D eigenvalue weighted by Crippen LogP contribution is -2.01. The number of hydrogen-bond donors (Lipinski definition) is 2. The summed E-state index contributed by atoms with van der Waals surface area (Å²) >= 11 is 2.03. The zero-order chi connectivity index (χ0) is 7.56. The fraction of sp³-hybridized carbons (Fsp3) is 0.200. The minimum atomic E-state index is 0.572. The van der Waals surface area contributed by atoms with Crippen LogP contribution in [0.3, 0.4) is 0 Å². The number of nitrogens with two attached hydrogens (primary N) is 1. The topological polar surface area (TPSA) is 63.8 Å². The van der Waals surface area contributed by atoms with E-state index in [0.717, 1.165) is 0 Å². The summed E-state index contributed by atoms with van der Waals surface area (Å²) in [6.07, 6.45) is 1.58. The monoisotopic (exact) mass is 250 g/mol. The number of anilines is 2. The fourth-order valence-corrected chi connectivity index (χ4v) is 0.950. The first-order valence-electron chi connectivity index (χ1n) is 2.70. The van der Waals surface area contributed by atoms with Crippen LogP contribution in [0.5, 0.6) is 0 Å². The van der Waals surface area contributed by atoms with Crippen molar-refractivity contribution in [3.63, 3.8) is 0 Å². The summed E-state index contributed by atoms with van der Waals surface area (Å²) in [4.78, 5) is 7.93. The number of nitrogen functional groups attached to an aromatic ring is 1. The van der Waals surface area contributed by atoms with Gasteiger partial charge in [-0.2, -0.15) is 0 Å². The molecular weight excluding hydrogens is 243 g/mol. The molecule has 0 aliphatic rings. The molecule has 0 saturated carbocycles. The summed E-state index contributed by atoms with van der Waals surface area (Å²) in [5, 5.41) is 2.86. The van der Waals surface area contributed by atoms with E-state index in [-0.39, 0.29) is 0 Å². The summed E-state index contributed by atoms with van der Waals surface area (Å²) in [6, 6.07) is 0. The highest BCUT2D eigenvalue weighted by Gasteiger charge is 1.97. The molecule has 10 heavy (non-hydrogen) atoms. The van der Waals surface area contributed by atoms with Crippen molar-refractivity contribution in [2.75, 3.05) is 18.1 Å². The van der Waals surface area contributed by atoms with E-state index < -0.39 is 0 Å². The Morgan fingerprint density at radius 1 is 1.70 bits per heavy atom. The van der Waals surface area contributed by atoms with E-state index in [1.54, 1.807) is 13.2 Å². The molecule has 4 nitrogen and oxygen atoms in total. The Balaban J connectivity index is 3.09. The number of nitrogens with zero attached hydrogens (tertiary/aromatic N) is 2. The summed E-state index contributed by atoms with van der Waals surface area (Å²) in [7, 11) is 1.77. The minimum absolute atomic E-state index is 0.572. The van der Waals surface area contributed by atoms with Crippen LogP contribution in [0.1, 0.15) is 0 Å². The van der Waals surface area contributed by atoms with Crippen molar-refractivity contribution in [3.05, 3.63) is 10.0 Å². The van der Waals surface area contributed by atoms with Crippen LogP contribution >= 0.6 is 22.6 Å². The first-order chi connectivity index (χ1) is 4.74. The average molecular weight is 250 g/mol. The predicted octanol–water partition coefficient (Wildman–Crippen LogP) is 0.705. The lowest BCUT2D eigenvalue weighted by atomic mass is 10.5. The Morgan fingerprint density at radius 2 is 2.40 bits per heavy atom. The fourth-order valence-electron chi connectivity index (χ4n) is 0.570. The molecule has 1 heterocycles. The van der Waals surface area contributed by atoms with Crippen LogP contribution in [-0.4, -0.2) is 17.0 Å². The van der Waals surface area contributed by atoms with E-state index >= 15 is 0 Å². The van der Waals surface area contributed by atoms with Gasteiger partial charge in [-0.25, -0.2) is 9.97 Å². The van der Waals surface area contributed by atoms with Gasteiger partial charge in [0.1, 0.15) is 0 Å². The highest BCUT2D eigenvalue weighted by atomic mass is 127. The van der Waals surface area contributed by atoms with Gasteiger partial charge in [0.25, 0.3) is 0 Å². The molecule has 1 aromatic rings. The lowest BCUT2D eigenvalue weighted by Gasteiger charge is -2.01. The Kier molecular flexibility index (Phi) is 2.25. The van der Waals surface area contributed by atoms with Gasteiger partial charge in [0.05, 0.1) is 11.9 Å². The first kappa shape index (κ1) is 7.52. The summed E-state index contributed by atoms with van der Waals surface area (Å²) in [5.41, 5.74) is 6.08. The molecule has 5 heteroatoms. The zero-order valence-electron chi connectivity index (χ0n) is 5.43. The second-order valence-electron chi connectivity index (χ2n) is 1.69. The Labute approximate surface area is 72.4 Å². The molecule has 1 aromatic heterocycles. The Morgan fingerprint density at radius 3 is 2.90 bits per heavy atom. The van der Waals surface area contributed by atoms with Crippen LogP contribution < -0.4 is 11.1 Å². The van der Waals surface area contributed by atoms with Crippen LogP contribution in [0.25, 0.3) is 0 Å². The maximum atomic E-state index is 5.51. The molecular formula is C5H7IN4. The first-order valence-corrected chi connectivity index (χ1v) is 3.77. The van der Waals surface area contributed by atoms with Crippen LogP contribution in [-0.2, 0) is 0 Å². The van der Waals surface area contributed by atoms with Crippen molar-refractivity contribution in [3.8, 4) is 0 Å². The molecule has 0 saturated heterocycles. The molecule has 0 aromatic carbocycles. The lowest BCUT2D eigenvalue weighted by molar-refractivity contribution is 1.11. The molecule has 0 aliphatic carbocycles. The Hall–Kier alpha value is -0.590. The van der Waals surface area contributed by atoms with Gasteiger partial charge in [0, 0.05) is 29.6 Å². The van der Waals surface area contributed by atoms with Gasteiger partial charge < -0.3 is 11.1 Å². The van der Waals surface area contributed by atoms with Crippen molar-refractivity contribution in [2.24, 2.45) is 0 Å². The maximum Gasteiger partial charge on any atom is 0.192 e. The third-order valence-corrected chi connectivity index (χ3v) is 1.54. The van der Waals surface area contributed by atoms with Gasteiger partial charge in [0.15, 0.2) is 9.65 Å². The van der Waals surface area contributed by atoms with Crippen LogP contribution in [0, 0.1) is 3.83 Å². The molecule has 1 rings (SSSR count). The number of aromatic nitrogens is 2. The van der Waals surface area contributed by atoms with E-state index in [4.69, 9.17) is 5.73 Å². The van der Waals surface area contributed by atoms with E-state index in [9.17, 15) is 0 Å². The SMILES string of the molecule is CNc1nc(I)ncc1N. The second kappa shape index (κ2) is 3.00. The number of hydrogen-bond acceptors (Lipinski definition) is 4. The summed E-state index contributed by atoms with van der Waals surface area (Å²) < 4.78 is 0.691. The molecule has 0 atom stereocenters. The quantitative estimate of drug-likeness (QED) is 0.569. The second-order valence-corrected chi connectivity index (χ2v) is 2.66. The van der Waals surface area contributed by atoms with Crippen LogP contribution in [0.2, 0.25) is 0 Å². The predicted molar refractivity (Wildman–Crippen MR) is 48.7 cm³/mol. The number of halogens is 1. The maximum absolute atomic E-state index is 5.51. The number of rotatable bonds is 1. The van der Waals surface area contributed by atoms with Gasteiger partial charge >= 0.3 is 0 Å². The molecule has 0 unspecified atom stereocenters. The van der Waals surface area contributed by atoms with Gasteiger partial charge in [-0.1, -0.05) is 0 Å². The summed E-state index contributed by atoms with van der Waals surface area (Å²) in [6.45, 7) is 0. The molecule has 3 N–H and O–H groups in total. The van der Waals surface area contributed by atoms with Crippen molar-refractivity contribution in [1.82, 2.24) is 9.97 Å². The van der Waals surface area contributed by atoms with Gasteiger partial charge in [-0.3, -0.25) is 0 Å². The Bertz CT molecular complexity index is 237. The minimum Gasteiger partial charge on any atom is -0.394 e. The molecule has 54 valence electrons. The van der Waals surface area contributed by atoms with E-state index in [2.05, 4.69) is 15.3 Å². The highest BCUT2D eigenvalue weighted by molar-refractivity contribution is 14.1. The summed E-state index contributed by atoms with van der Waals surface area (Å²) in [5.74, 6) is 0.680. The normalized spacial score (nSPS) is 9.40. The van der Waals surface area contributed by atoms with E-state index in [0.29, 0.717) is 15.3 Å². The van der Waals surface area contributed by atoms with Crippen LogP contribution in [0.15, 0.2) is 6.20 Å². The molecule has 0 radical (unpaired) electrons. The molecule has 0 bridgehead atoms. The van der Waals surface area contributed by atoms with E-state index in [1.807, 2.05) is 22.6 Å². The molecule has 0 fully saturated rings. The van der Waals surface area contributed by atoms with Gasteiger partial charge in [-0.05, 0) is 0 Å². The molecule has 0 spiro atoms. The molecule has 0 amide bonds. The van der Waals surface area contributed by atoms with E-state index in [1.165, 1.54) is 0 Å². The highest BCUT2D eigenvalue weighted by Crippen LogP contribution is 2.12. The molecule has 0 aliphatic heterocycles. The average Bonchev–Trinajstić information content (AvgIpc) is 1.94. The number of nitrogens with one attached hydrogen (secondary N) is 1. The standard InChI is InChI=1S/C5H7IN4/c1-8-4-3(7)2-9-5(6)10-4/h2H,7H2,1H3,(H,8,9,10). The van der Waals surface area contributed by atoms with Crippen molar-refractivity contribution in [2.45, 2.75) is 0 Å². The van der Waals surface area contributed by atoms with Crippen molar-refractivity contribution < 1.29 is 0 Å². The largest absolute Gasteiger partial charge is 0.394 e. The third kappa shape index (κ3) is 1.47. The smallest absolute Gasteiger partial charge is 0.192 e. The van der Waals surface area contributed by atoms with Crippen LogP contribution in [0.4, 0.5) is 11.5 Å². The zero-order valence-corrected chi connectivity index (χ0v) is 7.58. The third-order valence-electron chi connectivity index (χ3n) is 1.02. The van der Waals surface area contributed by atoms with Crippen molar-refractivity contribution in [1.29, 1.82) is 0 Å². The van der Waals surface area contributed by atoms with Crippen molar-refractivity contribution >= 4 is 34.1 Å². The van der Waals surface area contributed by atoms with Gasteiger partial charge in [-0.15, -0.1) is 0 Å². The van der Waals surface area contributed by atoms with Gasteiger partial charge in [0.2, 0.25) is 0 Å².